The Labute approximate surface area is 97.3 Å². The molecule has 1 aromatic heterocycles. The summed E-state index contributed by atoms with van der Waals surface area (Å²) in [6.45, 7) is 2.43. The number of halogens is 1. The van der Waals surface area contributed by atoms with Gasteiger partial charge >= 0.3 is 0 Å². The number of phenolic OH excluding ortho intramolecular Hbond substituents is 1. The number of aryl methyl sites for hydroxylation is 1. The van der Waals surface area contributed by atoms with E-state index >= 15 is 0 Å². The van der Waals surface area contributed by atoms with Crippen molar-refractivity contribution >= 4 is 0 Å². The van der Waals surface area contributed by atoms with Crippen LogP contribution in [-0.2, 0) is 13.1 Å². The van der Waals surface area contributed by atoms with Crippen LogP contribution in [0.4, 0.5) is 4.39 Å². The molecule has 17 heavy (non-hydrogen) atoms. The van der Waals surface area contributed by atoms with Crippen LogP contribution in [0.1, 0.15) is 17.3 Å². The lowest BCUT2D eigenvalue weighted by Gasteiger charge is -2.04. The standard InChI is InChI=1S/C11H12FN3O2/c1-7-14-11(15-17-7)6-13-5-8-4-9(12)2-3-10(8)16/h2-4,13,16H,5-6H2,1H3. The Balaban J connectivity index is 1.91. The van der Waals surface area contributed by atoms with Crippen molar-refractivity contribution in [3.63, 3.8) is 0 Å². The molecule has 0 saturated heterocycles. The van der Waals surface area contributed by atoms with E-state index < -0.39 is 0 Å². The van der Waals surface area contributed by atoms with Crippen LogP contribution in [0.15, 0.2) is 22.7 Å². The number of aromatic hydroxyl groups is 1. The summed E-state index contributed by atoms with van der Waals surface area (Å²) in [5, 5.41) is 16.2. The Morgan fingerprint density at radius 1 is 1.41 bits per heavy atom. The number of benzene rings is 1. The molecule has 2 N–H and O–H groups in total. The molecule has 0 unspecified atom stereocenters. The predicted molar refractivity (Wildman–Crippen MR) is 57.6 cm³/mol. The van der Waals surface area contributed by atoms with E-state index in [-0.39, 0.29) is 11.6 Å². The molecule has 0 radical (unpaired) electrons. The van der Waals surface area contributed by atoms with Crippen LogP contribution < -0.4 is 5.32 Å². The molecule has 0 aliphatic heterocycles. The maximum Gasteiger partial charge on any atom is 0.223 e. The van der Waals surface area contributed by atoms with E-state index in [1.165, 1.54) is 18.2 Å². The topological polar surface area (TPSA) is 71.2 Å². The number of nitrogens with zero attached hydrogens (tertiary/aromatic N) is 2. The van der Waals surface area contributed by atoms with Gasteiger partial charge in [-0.25, -0.2) is 4.39 Å². The fourth-order valence-corrected chi connectivity index (χ4v) is 1.42. The minimum Gasteiger partial charge on any atom is -0.508 e. The summed E-state index contributed by atoms with van der Waals surface area (Å²) >= 11 is 0. The van der Waals surface area contributed by atoms with E-state index in [2.05, 4.69) is 15.5 Å². The van der Waals surface area contributed by atoms with Crippen molar-refractivity contribution in [1.29, 1.82) is 0 Å². The number of hydrogen-bond donors (Lipinski definition) is 2. The van der Waals surface area contributed by atoms with Crippen LogP contribution in [0.2, 0.25) is 0 Å². The Morgan fingerprint density at radius 3 is 2.94 bits per heavy atom. The summed E-state index contributed by atoms with van der Waals surface area (Å²) in [6, 6.07) is 3.82. The lowest BCUT2D eigenvalue weighted by molar-refractivity contribution is 0.385. The molecule has 0 atom stereocenters. The Morgan fingerprint density at radius 2 is 2.24 bits per heavy atom. The molecule has 1 heterocycles. The number of hydrogen-bond acceptors (Lipinski definition) is 5. The van der Waals surface area contributed by atoms with E-state index in [1.54, 1.807) is 6.92 Å². The molecule has 0 spiro atoms. The zero-order valence-corrected chi connectivity index (χ0v) is 9.27. The first-order chi connectivity index (χ1) is 8.15. The quantitative estimate of drug-likeness (QED) is 0.843. The highest BCUT2D eigenvalue weighted by molar-refractivity contribution is 5.32. The zero-order chi connectivity index (χ0) is 12.3. The minimum atomic E-state index is -0.380. The van der Waals surface area contributed by atoms with Gasteiger partial charge in [0.05, 0.1) is 6.54 Å². The highest BCUT2D eigenvalue weighted by Gasteiger charge is 2.04. The van der Waals surface area contributed by atoms with Crippen LogP contribution in [-0.4, -0.2) is 15.2 Å². The first-order valence-electron chi connectivity index (χ1n) is 5.12. The molecule has 0 aliphatic rings. The van der Waals surface area contributed by atoms with Crippen molar-refractivity contribution in [1.82, 2.24) is 15.5 Å². The lowest BCUT2D eigenvalue weighted by Crippen LogP contribution is -2.14. The number of rotatable bonds is 4. The molecule has 0 fully saturated rings. The summed E-state index contributed by atoms with van der Waals surface area (Å²) in [6.07, 6.45) is 0. The average Bonchev–Trinajstić information content (AvgIpc) is 2.69. The molecule has 1 aromatic carbocycles. The van der Waals surface area contributed by atoms with E-state index in [0.717, 1.165) is 0 Å². The average molecular weight is 237 g/mol. The highest BCUT2D eigenvalue weighted by Crippen LogP contribution is 2.17. The van der Waals surface area contributed by atoms with E-state index in [0.29, 0.717) is 30.4 Å². The van der Waals surface area contributed by atoms with Crippen molar-refractivity contribution < 1.29 is 14.0 Å². The van der Waals surface area contributed by atoms with Crippen LogP contribution >= 0.6 is 0 Å². The van der Waals surface area contributed by atoms with E-state index in [4.69, 9.17) is 4.52 Å². The third kappa shape index (κ3) is 3.01. The maximum atomic E-state index is 12.9. The fraction of sp³-hybridized carbons (Fsp3) is 0.273. The number of nitrogens with one attached hydrogen (secondary N) is 1. The van der Waals surface area contributed by atoms with Gasteiger partial charge in [-0.1, -0.05) is 5.16 Å². The molecular weight excluding hydrogens is 225 g/mol. The molecule has 5 nitrogen and oxygen atoms in total. The van der Waals surface area contributed by atoms with Crippen molar-refractivity contribution in [2.24, 2.45) is 0 Å². The highest BCUT2D eigenvalue weighted by atomic mass is 19.1. The lowest BCUT2D eigenvalue weighted by atomic mass is 10.2. The number of aromatic nitrogens is 2. The van der Waals surface area contributed by atoms with Gasteiger partial charge < -0.3 is 14.9 Å². The van der Waals surface area contributed by atoms with Crippen LogP contribution in [0.5, 0.6) is 5.75 Å². The third-order valence-corrected chi connectivity index (χ3v) is 2.21. The molecule has 0 bridgehead atoms. The molecular formula is C11H12FN3O2. The summed E-state index contributed by atoms with van der Waals surface area (Å²) < 4.78 is 17.7. The fourth-order valence-electron chi connectivity index (χ4n) is 1.42. The van der Waals surface area contributed by atoms with Gasteiger partial charge in [0.25, 0.3) is 0 Å². The van der Waals surface area contributed by atoms with Gasteiger partial charge in [0, 0.05) is 19.0 Å². The maximum absolute atomic E-state index is 12.9. The normalized spacial score (nSPS) is 10.7. The summed E-state index contributed by atoms with van der Waals surface area (Å²) in [5.41, 5.74) is 0.491. The van der Waals surface area contributed by atoms with Gasteiger partial charge in [-0.15, -0.1) is 0 Å². The molecule has 0 aliphatic carbocycles. The largest absolute Gasteiger partial charge is 0.508 e. The predicted octanol–water partition coefficient (Wildman–Crippen LogP) is 1.51. The van der Waals surface area contributed by atoms with Crippen LogP contribution in [0.3, 0.4) is 0 Å². The molecule has 2 aromatic rings. The van der Waals surface area contributed by atoms with Crippen LogP contribution in [0, 0.1) is 12.7 Å². The van der Waals surface area contributed by atoms with Gasteiger partial charge in [0.1, 0.15) is 11.6 Å². The zero-order valence-electron chi connectivity index (χ0n) is 9.27. The van der Waals surface area contributed by atoms with E-state index in [1.807, 2.05) is 0 Å². The van der Waals surface area contributed by atoms with Crippen molar-refractivity contribution in [3.05, 3.63) is 41.3 Å². The first kappa shape index (κ1) is 11.5. The second kappa shape index (κ2) is 4.92. The first-order valence-corrected chi connectivity index (χ1v) is 5.12. The van der Waals surface area contributed by atoms with Crippen LogP contribution in [0.25, 0.3) is 0 Å². The molecule has 0 saturated carbocycles. The second-order valence-corrected chi connectivity index (χ2v) is 3.61. The third-order valence-electron chi connectivity index (χ3n) is 2.21. The monoisotopic (exact) mass is 237 g/mol. The van der Waals surface area contributed by atoms with Gasteiger partial charge in [-0.3, -0.25) is 0 Å². The Bertz CT molecular complexity index is 513. The Hall–Kier alpha value is -1.95. The molecule has 90 valence electrons. The molecule has 0 amide bonds. The molecule has 2 rings (SSSR count). The van der Waals surface area contributed by atoms with Gasteiger partial charge in [0.15, 0.2) is 5.82 Å². The smallest absolute Gasteiger partial charge is 0.223 e. The summed E-state index contributed by atoms with van der Waals surface area (Å²) in [7, 11) is 0. The van der Waals surface area contributed by atoms with Crippen molar-refractivity contribution in [2.45, 2.75) is 20.0 Å². The summed E-state index contributed by atoms with van der Waals surface area (Å²) in [5.74, 6) is 0.701. The number of phenols is 1. The van der Waals surface area contributed by atoms with Crippen molar-refractivity contribution in [3.8, 4) is 5.75 Å². The Kier molecular flexibility index (Phi) is 3.34. The molecule has 6 heteroatoms. The van der Waals surface area contributed by atoms with Crippen molar-refractivity contribution in [2.75, 3.05) is 0 Å². The van der Waals surface area contributed by atoms with Gasteiger partial charge in [-0.2, -0.15) is 4.98 Å². The minimum absolute atomic E-state index is 0.0585. The SMILES string of the molecule is Cc1nc(CNCc2cc(F)ccc2O)no1. The van der Waals surface area contributed by atoms with Gasteiger partial charge in [0.2, 0.25) is 5.89 Å². The second-order valence-electron chi connectivity index (χ2n) is 3.61. The van der Waals surface area contributed by atoms with E-state index in [9.17, 15) is 9.50 Å². The summed E-state index contributed by atoms with van der Waals surface area (Å²) in [4.78, 5) is 4.00. The van der Waals surface area contributed by atoms with Gasteiger partial charge in [-0.05, 0) is 18.2 Å².